The van der Waals surface area contributed by atoms with Gasteiger partial charge < -0.3 is 15.3 Å². The maximum Gasteiger partial charge on any atom is 0.0810 e. The largest absolute Gasteiger partial charge is 0.393 e. The fourth-order valence-electron chi connectivity index (χ4n) is 8.05. The van der Waals surface area contributed by atoms with Gasteiger partial charge in [-0.2, -0.15) is 0 Å². The maximum absolute atomic E-state index is 11.1. The van der Waals surface area contributed by atoms with Crippen molar-refractivity contribution in [3.05, 3.63) is 12.2 Å². The number of hydrogen-bond acceptors (Lipinski definition) is 3. The first kappa shape index (κ1) is 16.1. The Morgan fingerprint density at radius 3 is 2.35 bits per heavy atom. The van der Waals surface area contributed by atoms with E-state index in [2.05, 4.69) is 27.4 Å². The topological polar surface area (TPSA) is 60.7 Å². The maximum atomic E-state index is 11.1. The van der Waals surface area contributed by atoms with E-state index in [1.807, 2.05) is 0 Å². The van der Waals surface area contributed by atoms with E-state index in [0.717, 1.165) is 37.7 Å². The molecule has 1 unspecified atom stereocenters. The van der Waals surface area contributed by atoms with E-state index >= 15 is 0 Å². The van der Waals surface area contributed by atoms with Crippen LogP contribution in [0.3, 0.4) is 0 Å². The summed E-state index contributed by atoms with van der Waals surface area (Å²) in [6.07, 6.45) is 4.25. The highest BCUT2D eigenvalue weighted by Crippen LogP contribution is 2.71. The molecule has 0 amide bonds. The van der Waals surface area contributed by atoms with Crippen LogP contribution in [-0.2, 0) is 0 Å². The quantitative estimate of drug-likeness (QED) is 0.602. The van der Waals surface area contributed by atoms with Crippen molar-refractivity contribution in [3.8, 4) is 0 Å². The average Bonchev–Trinajstić information content (AvgIpc) is 2.57. The number of fused-ring (bicyclic) bond motifs is 3. The second-order valence-electron chi connectivity index (χ2n) is 10.0. The van der Waals surface area contributed by atoms with Crippen molar-refractivity contribution in [2.75, 3.05) is 0 Å². The molecule has 23 heavy (non-hydrogen) atoms. The van der Waals surface area contributed by atoms with Gasteiger partial charge in [-0.25, -0.2) is 0 Å². The summed E-state index contributed by atoms with van der Waals surface area (Å²) in [5.41, 5.74) is 0.621. The molecule has 4 aliphatic carbocycles. The zero-order valence-electron chi connectivity index (χ0n) is 14.8. The lowest BCUT2D eigenvalue weighted by Crippen LogP contribution is -2.64. The van der Waals surface area contributed by atoms with Crippen LogP contribution in [0.25, 0.3) is 0 Å². The molecule has 0 aliphatic heterocycles. The summed E-state index contributed by atoms with van der Waals surface area (Å²) < 4.78 is 0. The predicted octanol–water partition coefficient (Wildman–Crippen LogP) is 2.89. The molecule has 3 heteroatoms. The van der Waals surface area contributed by atoms with Crippen molar-refractivity contribution in [1.29, 1.82) is 0 Å². The van der Waals surface area contributed by atoms with Crippen molar-refractivity contribution in [2.45, 2.75) is 77.6 Å². The van der Waals surface area contributed by atoms with Crippen molar-refractivity contribution in [2.24, 2.45) is 34.0 Å². The van der Waals surface area contributed by atoms with Crippen LogP contribution in [0, 0.1) is 34.0 Å². The number of rotatable bonds is 0. The van der Waals surface area contributed by atoms with E-state index in [1.54, 1.807) is 0 Å². The Morgan fingerprint density at radius 2 is 1.65 bits per heavy atom. The standard InChI is InChI=1S/C20H32O3/c1-11-12-5-6-15-19(4)9-13(21)8-18(2,3)16(19)14(22)10-20(15,7-12)17(11)23/h12-17,21-23H,1,5-10H2,2-4H3/t12?,13-,14-,15+,16-,17+,19+,20+/m1/s1. The molecule has 8 atom stereocenters. The van der Waals surface area contributed by atoms with Gasteiger partial charge in [0.05, 0.1) is 18.3 Å². The molecule has 4 rings (SSSR count). The molecule has 130 valence electrons. The van der Waals surface area contributed by atoms with Crippen LogP contribution in [0.1, 0.15) is 59.3 Å². The highest BCUT2D eigenvalue weighted by molar-refractivity contribution is 5.28. The van der Waals surface area contributed by atoms with Gasteiger partial charge in [-0.15, -0.1) is 0 Å². The molecule has 4 fully saturated rings. The lowest BCUT2D eigenvalue weighted by atomic mass is 9.40. The Hall–Kier alpha value is -0.380. The summed E-state index contributed by atoms with van der Waals surface area (Å²) in [4.78, 5) is 0. The van der Waals surface area contributed by atoms with Crippen LogP contribution >= 0.6 is 0 Å². The molecule has 0 heterocycles. The summed E-state index contributed by atoms with van der Waals surface area (Å²) >= 11 is 0. The fourth-order valence-corrected chi connectivity index (χ4v) is 8.05. The van der Waals surface area contributed by atoms with E-state index in [-0.39, 0.29) is 28.3 Å². The van der Waals surface area contributed by atoms with E-state index < -0.39 is 12.2 Å². The lowest BCUT2D eigenvalue weighted by molar-refractivity contribution is -0.229. The van der Waals surface area contributed by atoms with Gasteiger partial charge in [0.2, 0.25) is 0 Å². The van der Waals surface area contributed by atoms with Crippen molar-refractivity contribution in [1.82, 2.24) is 0 Å². The summed E-state index contributed by atoms with van der Waals surface area (Å²) in [7, 11) is 0. The first-order chi connectivity index (χ1) is 10.6. The van der Waals surface area contributed by atoms with Gasteiger partial charge in [0.1, 0.15) is 0 Å². The van der Waals surface area contributed by atoms with E-state index in [4.69, 9.17) is 0 Å². The van der Waals surface area contributed by atoms with Gasteiger partial charge in [0.25, 0.3) is 0 Å². The Morgan fingerprint density at radius 1 is 0.957 bits per heavy atom. The van der Waals surface area contributed by atoms with E-state index in [1.165, 1.54) is 0 Å². The molecule has 4 aliphatic rings. The van der Waals surface area contributed by atoms with Crippen molar-refractivity contribution in [3.63, 3.8) is 0 Å². The molecule has 0 aromatic heterocycles. The van der Waals surface area contributed by atoms with Crippen LogP contribution < -0.4 is 0 Å². The Labute approximate surface area is 139 Å². The third-order valence-electron chi connectivity index (χ3n) is 8.30. The van der Waals surface area contributed by atoms with Gasteiger partial charge in [0.15, 0.2) is 0 Å². The Bertz CT molecular complexity index is 541. The molecule has 2 bridgehead atoms. The predicted molar refractivity (Wildman–Crippen MR) is 89.7 cm³/mol. The molecule has 1 spiro atoms. The third-order valence-corrected chi connectivity index (χ3v) is 8.30. The normalized spacial score (nSPS) is 57.7. The van der Waals surface area contributed by atoms with Crippen LogP contribution in [0.15, 0.2) is 12.2 Å². The SMILES string of the molecule is C=C1C2CC[C@H]3[C@]4(C)C[C@H](O)CC(C)(C)[C@H]4[C@H](O)C[C@]3(C2)[C@H]1O. The highest BCUT2D eigenvalue weighted by Gasteiger charge is 2.69. The first-order valence-corrected chi connectivity index (χ1v) is 9.35. The van der Waals surface area contributed by atoms with Crippen LogP contribution in [0.4, 0.5) is 0 Å². The molecule has 4 saturated carbocycles. The van der Waals surface area contributed by atoms with Crippen molar-refractivity contribution >= 4 is 0 Å². The minimum absolute atomic E-state index is 0.0646. The van der Waals surface area contributed by atoms with Gasteiger partial charge >= 0.3 is 0 Å². The van der Waals surface area contributed by atoms with Crippen LogP contribution in [-0.4, -0.2) is 33.6 Å². The average molecular weight is 320 g/mol. The number of aliphatic hydroxyl groups excluding tert-OH is 3. The highest BCUT2D eigenvalue weighted by atomic mass is 16.3. The minimum Gasteiger partial charge on any atom is -0.393 e. The fraction of sp³-hybridized carbons (Fsp3) is 0.900. The van der Waals surface area contributed by atoms with Gasteiger partial charge in [-0.05, 0) is 72.7 Å². The number of hydrogen-bond donors (Lipinski definition) is 3. The zero-order chi connectivity index (χ0) is 16.8. The molecule has 3 N–H and O–H groups in total. The second-order valence-corrected chi connectivity index (χ2v) is 10.0. The Kier molecular flexibility index (Phi) is 3.23. The summed E-state index contributed by atoms with van der Waals surface area (Å²) in [6, 6.07) is 0. The molecule has 0 saturated heterocycles. The van der Waals surface area contributed by atoms with Gasteiger partial charge in [0, 0.05) is 5.41 Å². The second kappa shape index (κ2) is 4.62. The molecular weight excluding hydrogens is 288 g/mol. The molecule has 0 aromatic carbocycles. The van der Waals surface area contributed by atoms with Gasteiger partial charge in [-0.3, -0.25) is 0 Å². The van der Waals surface area contributed by atoms with Crippen LogP contribution in [0.2, 0.25) is 0 Å². The monoisotopic (exact) mass is 320 g/mol. The third kappa shape index (κ3) is 1.88. The first-order valence-electron chi connectivity index (χ1n) is 9.35. The summed E-state index contributed by atoms with van der Waals surface area (Å²) in [6.45, 7) is 10.9. The lowest BCUT2D eigenvalue weighted by Gasteiger charge is -2.66. The van der Waals surface area contributed by atoms with E-state index in [9.17, 15) is 15.3 Å². The smallest absolute Gasteiger partial charge is 0.0810 e. The Balaban J connectivity index is 1.83. The zero-order valence-corrected chi connectivity index (χ0v) is 14.8. The summed E-state index contributed by atoms with van der Waals surface area (Å²) in [5.74, 6) is 1.00. The van der Waals surface area contributed by atoms with Crippen molar-refractivity contribution < 1.29 is 15.3 Å². The molecule has 0 aromatic rings. The van der Waals surface area contributed by atoms with E-state index in [0.29, 0.717) is 18.3 Å². The molecular formula is C20H32O3. The minimum atomic E-state index is -0.477. The summed E-state index contributed by atoms with van der Waals surface area (Å²) in [5, 5.41) is 32.7. The number of aliphatic hydroxyl groups is 3. The molecule has 0 radical (unpaired) electrons. The molecule has 3 nitrogen and oxygen atoms in total. The van der Waals surface area contributed by atoms with Gasteiger partial charge in [-0.1, -0.05) is 27.4 Å². The van der Waals surface area contributed by atoms with Crippen LogP contribution in [0.5, 0.6) is 0 Å².